The van der Waals surface area contributed by atoms with Crippen molar-refractivity contribution in [3.8, 4) is 10.6 Å². The van der Waals surface area contributed by atoms with Crippen molar-refractivity contribution in [3.05, 3.63) is 64.1 Å². The lowest BCUT2D eigenvalue weighted by Gasteiger charge is -2.08. The fraction of sp³-hybridized carbons (Fsp3) is 0.200. The van der Waals surface area contributed by atoms with Crippen LogP contribution in [0, 0.1) is 6.92 Å². The maximum atomic E-state index is 12.6. The van der Waals surface area contributed by atoms with E-state index in [1.54, 1.807) is 25.1 Å². The highest BCUT2D eigenvalue weighted by molar-refractivity contribution is 7.89. The second-order valence-corrected chi connectivity index (χ2v) is 9.52. The van der Waals surface area contributed by atoms with Gasteiger partial charge in [-0.15, -0.1) is 11.3 Å². The molecule has 2 N–H and O–H groups in total. The van der Waals surface area contributed by atoms with Crippen LogP contribution in [-0.4, -0.2) is 19.3 Å². The van der Waals surface area contributed by atoms with Gasteiger partial charge >= 0.3 is 0 Å². The summed E-state index contributed by atoms with van der Waals surface area (Å²) >= 11 is 7.64. The van der Waals surface area contributed by atoms with Crippen molar-refractivity contribution in [2.24, 2.45) is 0 Å². The number of nitrogens with one attached hydrogen (secondary N) is 2. The quantitative estimate of drug-likeness (QED) is 0.551. The van der Waals surface area contributed by atoms with Crippen molar-refractivity contribution >= 4 is 44.6 Å². The second-order valence-electron chi connectivity index (χ2n) is 6.26. The van der Waals surface area contributed by atoms with Gasteiger partial charge < -0.3 is 5.32 Å². The molecule has 0 atom stereocenters. The van der Waals surface area contributed by atoms with Crippen molar-refractivity contribution in [1.82, 2.24) is 9.71 Å². The van der Waals surface area contributed by atoms with Crippen molar-refractivity contribution in [2.75, 3.05) is 5.32 Å². The van der Waals surface area contributed by atoms with Crippen molar-refractivity contribution < 1.29 is 13.2 Å². The molecular weight excluding hydrogens is 430 g/mol. The van der Waals surface area contributed by atoms with Crippen LogP contribution >= 0.6 is 22.9 Å². The molecule has 0 fully saturated rings. The number of aromatic nitrogens is 1. The summed E-state index contributed by atoms with van der Waals surface area (Å²) in [4.78, 5) is 16.9. The van der Waals surface area contributed by atoms with E-state index in [-0.39, 0.29) is 17.3 Å². The Balaban J connectivity index is 1.72. The zero-order valence-electron chi connectivity index (χ0n) is 15.9. The number of aryl methyl sites for hydroxylation is 1. The number of rotatable bonds is 7. The highest BCUT2D eigenvalue weighted by atomic mass is 35.5. The lowest BCUT2D eigenvalue weighted by molar-refractivity contribution is -0.115. The Bertz CT molecular complexity index is 1130. The molecule has 3 rings (SSSR count). The number of hydrogen-bond donors (Lipinski definition) is 2. The third-order valence-corrected chi connectivity index (χ3v) is 7.13. The number of anilines is 1. The average molecular weight is 450 g/mol. The first-order valence-electron chi connectivity index (χ1n) is 8.91. The molecule has 0 unspecified atom stereocenters. The minimum Gasteiger partial charge on any atom is -0.326 e. The second kappa shape index (κ2) is 9.04. The van der Waals surface area contributed by atoms with E-state index in [0.29, 0.717) is 17.1 Å². The van der Waals surface area contributed by atoms with Gasteiger partial charge in [-0.2, -0.15) is 0 Å². The summed E-state index contributed by atoms with van der Waals surface area (Å²) in [6.07, 6.45) is 0.353. The van der Waals surface area contributed by atoms with E-state index in [2.05, 4.69) is 15.0 Å². The smallest absolute Gasteiger partial charge is 0.240 e. The predicted octanol–water partition coefficient (Wildman–Crippen LogP) is 4.60. The molecule has 1 aromatic heterocycles. The lowest BCUT2D eigenvalue weighted by atomic mass is 10.2. The topological polar surface area (TPSA) is 88.2 Å². The Kier molecular flexibility index (Phi) is 6.69. The monoisotopic (exact) mass is 449 g/mol. The van der Waals surface area contributed by atoms with Gasteiger partial charge in [0.05, 0.1) is 15.6 Å². The Morgan fingerprint density at radius 2 is 1.83 bits per heavy atom. The maximum absolute atomic E-state index is 12.6. The number of sulfonamides is 1. The zero-order chi connectivity index (χ0) is 21.0. The summed E-state index contributed by atoms with van der Waals surface area (Å²) < 4.78 is 27.8. The van der Waals surface area contributed by atoms with Gasteiger partial charge in [0.1, 0.15) is 5.01 Å². The van der Waals surface area contributed by atoms with Gasteiger partial charge in [-0.3, -0.25) is 4.79 Å². The molecule has 0 aliphatic carbocycles. The van der Waals surface area contributed by atoms with Gasteiger partial charge in [0.15, 0.2) is 0 Å². The van der Waals surface area contributed by atoms with Crippen LogP contribution in [0.4, 0.5) is 5.69 Å². The molecule has 0 radical (unpaired) electrons. The molecule has 0 aliphatic heterocycles. The minimum atomic E-state index is -3.70. The van der Waals surface area contributed by atoms with Crippen LogP contribution in [0.3, 0.4) is 0 Å². The summed E-state index contributed by atoms with van der Waals surface area (Å²) in [5.74, 6) is -0.131. The third-order valence-electron chi connectivity index (χ3n) is 4.19. The fourth-order valence-electron chi connectivity index (χ4n) is 2.55. The number of halogens is 1. The van der Waals surface area contributed by atoms with Crippen LogP contribution in [0.15, 0.2) is 53.4 Å². The first-order chi connectivity index (χ1) is 13.8. The number of amides is 1. The number of carbonyl (C=O) groups is 1. The van der Waals surface area contributed by atoms with E-state index in [1.165, 1.54) is 23.5 Å². The SMILES string of the molecule is CCC(=O)Nc1ccc(S(=O)(=O)NCc2sc(-c3ccccc3Cl)nc2C)cc1. The summed E-state index contributed by atoms with van der Waals surface area (Å²) in [7, 11) is -3.70. The highest BCUT2D eigenvalue weighted by Gasteiger charge is 2.17. The van der Waals surface area contributed by atoms with Gasteiger partial charge in [0.2, 0.25) is 15.9 Å². The molecule has 3 aromatic rings. The summed E-state index contributed by atoms with van der Waals surface area (Å²) in [5, 5.41) is 4.04. The molecule has 6 nitrogen and oxygen atoms in total. The Morgan fingerprint density at radius 1 is 1.14 bits per heavy atom. The standard InChI is InChI=1S/C20H20ClN3O3S2/c1-3-19(25)24-14-8-10-15(11-9-14)29(26,27)22-12-18-13(2)23-20(28-18)16-6-4-5-7-17(16)21/h4-11,22H,3,12H2,1-2H3,(H,24,25). The first-order valence-corrected chi connectivity index (χ1v) is 11.6. The largest absolute Gasteiger partial charge is 0.326 e. The zero-order valence-corrected chi connectivity index (χ0v) is 18.3. The van der Waals surface area contributed by atoms with Crippen LogP contribution in [0.25, 0.3) is 10.6 Å². The van der Waals surface area contributed by atoms with Gasteiger partial charge in [-0.1, -0.05) is 36.7 Å². The average Bonchev–Trinajstić information content (AvgIpc) is 3.07. The first kappa shape index (κ1) is 21.4. The Labute approximate surface area is 179 Å². The summed E-state index contributed by atoms with van der Waals surface area (Å²) in [5.41, 5.74) is 2.13. The van der Waals surface area contributed by atoms with Crippen molar-refractivity contribution in [3.63, 3.8) is 0 Å². The van der Waals surface area contributed by atoms with Crippen molar-refractivity contribution in [2.45, 2.75) is 31.7 Å². The molecule has 0 spiro atoms. The number of carbonyl (C=O) groups excluding carboxylic acids is 1. The van der Waals surface area contributed by atoms with Gasteiger partial charge in [0.25, 0.3) is 0 Å². The predicted molar refractivity (Wildman–Crippen MR) is 117 cm³/mol. The van der Waals surface area contributed by atoms with E-state index in [0.717, 1.165) is 21.1 Å². The molecule has 152 valence electrons. The molecular formula is C20H20ClN3O3S2. The number of benzene rings is 2. The van der Waals surface area contributed by atoms with Gasteiger partial charge in [0, 0.05) is 29.1 Å². The van der Waals surface area contributed by atoms with Crippen LogP contribution in [-0.2, 0) is 21.4 Å². The van der Waals surface area contributed by atoms with E-state index in [1.807, 2.05) is 25.1 Å². The lowest BCUT2D eigenvalue weighted by Crippen LogP contribution is -2.23. The number of nitrogens with zero attached hydrogens (tertiary/aromatic N) is 1. The molecule has 0 saturated heterocycles. The summed E-state index contributed by atoms with van der Waals surface area (Å²) in [6.45, 7) is 3.72. The summed E-state index contributed by atoms with van der Waals surface area (Å²) in [6, 6.07) is 13.5. The van der Waals surface area contributed by atoms with E-state index in [9.17, 15) is 13.2 Å². The molecule has 0 bridgehead atoms. The maximum Gasteiger partial charge on any atom is 0.240 e. The molecule has 29 heavy (non-hydrogen) atoms. The van der Waals surface area contributed by atoms with Gasteiger partial charge in [-0.05, 0) is 37.3 Å². The number of thiazole rings is 1. The van der Waals surface area contributed by atoms with Crippen LogP contribution in [0.1, 0.15) is 23.9 Å². The van der Waals surface area contributed by atoms with Crippen LogP contribution in [0.5, 0.6) is 0 Å². The third kappa shape index (κ3) is 5.22. The van der Waals surface area contributed by atoms with Crippen LogP contribution < -0.4 is 10.0 Å². The molecule has 0 aliphatic rings. The Hall–Kier alpha value is -2.26. The molecule has 9 heteroatoms. The van der Waals surface area contributed by atoms with Crippen LogP contribution in [0.2, 0.25) is 5.02 Å². The van der Waals surface area contributed by atoms with Gasteiger partial charge in [-0.25, -0.2) is 18.1 Å². The normalized spacial score (nSPS) is 11.4. The molecule has 1 amide bonds. The molecule has 2 aromatic carbocycles. The number of hydrogen-bond acceptors (Lipinski definition) is 5. The highest BCUT2D eigenvalue weighted by Crippen LogP contribution is 2.32. The minimum absolute atomic E-state index is 0.125. The van der Waals surface area contributed by atoms with Crippen molar-refractivity contribution in [1.29, 1.82) is 0 Å². The van der Waals surface area contributed by atoms with E-state index in [4.69, 9.17) is 11.6 Å². The molecule has 1 heterocycles. The van der Waals surface area contributed by atoms with E-state index >= 15 is 0 Å². The fourth-order valence-corrected chi connectivity index (χ4v) is 4.96. The van der Waals surface area contributed by atoms with E-state index < -0.39 is 10.0 Å². The Morgan fingerprint density at radius 3 is 2.48 bits per heavy atom. The molecule has 0 saturated carbocycles.